The van der Waals surface area contributed by atoms with Crippen molar-refractivity contribution in [1.82, 2.24) is 15.0 Å². The molecular weight excluding hydrogens is 222 g/mol. The smallest absolute Gasteiger partial charge is 0.100 e. The van der Waals surface area contributed by atoms with Crippen LogP contribution in [0.2, 0.25) is 0 Å². The van der Waals surface area contributed by atoms with E-state index in [1.165, 1.54) is 11.1 Å². The van der Waals surface area contributed by atoms with E-state index in [1.54, 1.807) is 4.68 Å². The molecule has 0 radical (unpaired) electrons. The molecule has 0 N–H and O–H groups in total. The average Bonchev–Trinajstić information content (AvgIpc) is 2.70. The fourth-order valence-corrected chi connectivity index (χ4v) is 1.55. The van der Waals surface area contributed by atoms with Gasteiger partial charge in [0, 0.05) is 0 Å². The quantitative estimate of drug-likeness (QED) is 0.766. The van der Waals surface area contributed by atoms with Gasteiger partial charge in [0.2, 0.25) is 0 Å². The molecule has 1 unspecified atom stereocenters. The van der Waals surface area contributed by atoms with Crippen LogP contribution in [0, 0.1) is 6.92 Å². The molecule has 16 heavy (non-hydrogen) atoms. The molecule has 1 aromatic carbocycles. The highest BCUT2D eigenvalue weighted by atomic mass is 35.5. The second-order valence-corrected chi connectivity index (χ2v) is 4.60. The van der Waals surface area contributed by atoms with E-state index in [0.29, 0.717) is 0 Å². The van der Waals surface area contributed by atoms with Gasteiger partial charge in [0.15, 0.2) is 0 Å². The van der Waals surface area contributed by atoms with E-state index >= 15 is 0 Å². The predicted octanol–water partition coefficient (Wildman–Crippen LogP) is 2.93. The van der Waals surface area contributed by atoms with E-state index in [4.69, 9.17) is 11.6 Å². The highest BCUT2D eigenvalue weighted by molar-refractivity contribution is 6.20. The summed E-state index contributed by atoms with van der Waals surface area (Å²) in [5.74, 6) is 0. The predicted molar refractivity (Wildman–Crippen MR) is 64.6 cm³/mol. The van der Waals surface area contributed by atoms with Crippen molar-refractivity contribution in [3.63, 3.8) is 0 Å². The molecule has 0 bridgehead atoms. The molecule has 0 saturated heterocycles. The van der Waals surface area contributed by atoms with E-state index in [-0.39, 0.29) is 5.38 Å². The van der Waals surface area contributed by atoms with Crippen LogP contribution >= 0.6 is 11.6 Å². The maximum absolute atomic E-state index is 5.92. The summed E-state index contributed by atoms with van der Waals surface area (Å²) in [6, 6.07) is 8.39. The molecule has 2 rings (SSSR count). The third-order valence-corrected chi connectivity index (χ3v) is 2.65. The first-order chi connectivity index (χ1) is 7.65. The van der Waals surface area contributed by atoms with E-state index in [2.05, 4.69) is 41.5 Å². The normalized spacial score (nSPS) is 12.7. The van der Waals surface area contributed by atoms with E-state index in [0.717, 1.165) is 12.2 Å². The van der Waals surface area contributed by atoms with E-state index < -0.39 is 0 Å². The summed E-state index contributed by atoms with van der Waals surface area (Å²) >= 11 is 5.92. The van der Waals surface area contributed by atoms with Crippen molar-refractivity contribution < 1.29 is 0 Å². The number of hydrogen-bond acceptors (Lipinski definition) is 2. The third kappa shape index (κ3) is 2.61. The summed E-state index contributed by atoms with van der Waals surface area (Å²) in [5.41, 5.74) is 3.29. The summed E-state index contributed by atoms with van der Waals surface area (Å²) in [7, 11) is 0. The number of aromatic nitrogens is 3. The van der Waals surface area contributed by atoms with Gasteiger partial charge in [-0.2, -0.15) is 0 Å². The van der Waals surface area contributed by atoms with Gasteiger partial charge in [0.25, 0.3) is 0 Å². The molecule has 4 heteroatoms. The van der Waals surface area contributed by atoms with Crippen molar-refractivity contribution in [2.24, 2.45) is 0 Å². The number of nitrogens with zero attached hydrogens (tertiary/aromatic N) is 3. The summed E-state index contributed by atoms with van der Waals surface area (Å²) in [5, 5.41) is 7.96. The van der Waals surface area contributed by atoms with Crippen molar-refractivity contribution in [3.8, 4) is 0 Å². The lowest BCUT2D eigenvalue weighted by Crippen LogP contribution is -2.00. The van der Waals surface area contributed by atoms with Crippen LogP contribution in [0.3, 0.4) is 0 Å². The van der Waals surface area contributed by atoms with E-state index in [9.17, 15) is 0 Å². The molecule has 2 aromatic rings. The second kappa shape index (κ2) is 4.66. The van der Waals surface area contributed by atoms with Crippen LogP contribution < -0.4 is 0 Å². The Labute approximate surface area is 100 Å². The number of hydrogen-bond donors (Lipinski definition) is 0. The van der Waals surface area contributed by atoms with Gasteiger partial charge in [-0.3, -0.25) is 0 Å². The monoisotopic (exact) mass is 235 g/mol. The Morgan fingerprint density at radius 3 is 2.56 bits per heavy atom. The molecule has 0 spiro atoms. The van der Waals surface area contributed by atoms with Crippen LogP contribution in [0.15, 0.2) is 30.5 Å². The molecule has 1 atom stereocenters. The molecule has 84 valence electrons. The Morgan fingerprint density at radius 1 is 1.31 bits per heavy atom. The van der Waals surface area contributed by atoms with Crippen LogP contribution in [0.1, 0.15) is 29.1 Å². The van der Waals surface area contributed by atoms with Crippen LogP contribution in [-0.2, 0) is 6.54 Å². The minimum absolute atomic E-state index is 0.0910. The van der Waals surface area contributed by atoms with Gasteiger partial charge in [-0.05, 0) is 19.4 Å². The molecule has 0 fully saturated rings. The average molecular weight is 236 g/mol. The fraction of sp³-hybridized carbons (Fsp3) is 0.333. The van der Waals surface area contributed by atoms with Gasteiger partial charge in [-0.15, -0.1) is 16.7 Å². The minimum Gasteiger partial charge on any atom is -0.248 e. The molecule has 3 nitrogen and oxygen atoms in total. The Morgan fingerprint density at radius 2 is 2.00 bits per heavy atom. The number of aryl methyl sites for hydroxylation is 1. The van der Waals surface area contributed by atoms with Gasteiger partial charge in [-0.1, -0.05) is 35.0 Å². The lowest BCUT2D eigenvalue weighted by atomic mass is 10.1. The van der Waals surface area contributed by atoms with Crippen LogP contribution in [0.4, 0.5) is 0 Å². The van der Waals surface area contributed by atoms with Gasteiger partial charge >= 0.3 is 0 Å². The van der Waals surface area contributed by atoms with Gasteiger partial charge < -0.3 is 0 Å². The zero-order chi connectivity index (χ0) is 11.5. The number of alkyl halides is 1. The molecular formula is C12H14ClN3. The summed E-state index contributed by atoms with van der Waals surface area (Å²) in [6.45, 7) is 4.70. The highest BCUT2D eigenvalue weighted by Crippen LogP contribution is 2.15. The van der Waals surface area contributed by atoms with Crippen molar-refractivity contribution in [2.75, 3.05) is 0 Å². The SMILES string of the molecule is Cc1ccc(Cn2cc(C(C)Cl)nn2)cc1. The Hall–Kier alpha value is -1.35. The van der Waals surface area contributed by atoms with Gasteiger partial charge in [0.05, 0.1) is 18.1 Å². The topological polar surface area (TPSA) is 30.7 Å². The molecule has 0 aliphatic heterocycles. The number of halogens is 1. The van der Waals surface area contributed by atoms with Gasteiger partial charge in [0.1, 0.15) is 5.69 Å². The maximum Gasteiger partial charge on any atom is 0.100 e. The van der Waals surface area contributed by atoms with Crippen molar-refractivity contribution >= 4 is 11.6 Å². The summed E-state index contributed by atoms with van der Waals surface area (Å²) < 4.78 is 1.80. The van der Waals surface area contributed by atoms with Crippen LogP contribution in [-0.4, -0.2) is 15.0 Å². The molecule has 0 saturated carbocycles. The second-order valence-electron chi connectivity index (χ2n) is 3.94. The van der Waals surface area contributed by atoms with Crippen molar-refractivity contribution in [2.45, 2.75) is 25.8 Å². The van der Waals surface area contributed by atoms with Crippen molar-refractivity contribution in [3.05, 3.63) is 47.3 Å². The lowest BCUT2D eigenvalue weighted by Gasteiger charge is -2.01. The first-order valence-corrected chi connectivity index (χ1v) is 5.68. The minimum atomic E-state index is -0.0910. The molecule has 0 aliphatic carbocycles. The fourth-order valence-electron chi connectivity index (χ4n) is 1.45. The zero-order valence-electron chi connectivity index (χ0n) is 9.39. The lowest BCUT2D eigenvalue weighted by molar-refractivity contribution is 0.649. The standard InChI is InChI=1S/C12H14ClN3/c1-9-3-5-11(6-4-9)7-16-8-12(10(2)13)14-15-16/h3-6,8,10H,7H2,1-2H3. The summed E-state index contributed by atoms with van der Waals surface area (Å²) in [4.78, 5) is 0. The van der Waals surface area contributed by atoms with E-state index in [1.807, 2.05) is 13.1 Å². The molecule has 0 amide bonds. The Bertz CT molecular complexity index is 459. The number of benzene rings is 1. The largest absolute Gasteiger partial charge is 0.248 e. The van der Waals surface area contributed by atoms with Gasteiger partial charge in [-0.25, -0.2) is 4.68 Å². The Balaban J connectivity index is 2.11. The third-order valence-electron chi connectivity index (χ3n) is 2.43. The molecule has 0 aliphatic rings. The first-order valence-electron chi connectivity index (χ1n) is 5.25. The zero-order valence-corrected chi connectivity index (χ0v) is 10.1. The van der Waals surface area contributed by atoms with Crippen LogP contribution in [0.5, 0.6) is 0 Å². The summed E-state index contributed by atoms with van der Waals surface area (Å²) in [6.07, 6.45) is 1.89. The molecule has 1 heterocycles. The van der Waals surface area contributed by atoms with Crippen molar-refractivity contribution in [1.29, 1.82) is 0 Å². The highest BCUT2D eigenvalue weighted by Gasteiger charge is 2.06. The number of rotatable bonds is 3. The van der Waals surface area contributed by atoms with Crippen LogP contribution in [0.25, 0.3) is 0 Å². The first kappa shape index (κ1) is 11.1. The maximum atomic E-state index is 5.92. The Kier molecular flexibility index (Phi) is 3.25. The molecule has 1 aromatic heterocycles.